The first-order chi connectivity index (χ1) is 13.7. The Hall–Kier alpha value is -2.11. The fourth-order valence-corrected chi connectivity index (χ4v) is 8.58. The molecule has 3 aromatic rings. The SMILES string of the molecule is Cc1ccc(S(=O)(=O)N2[C@H](C)c3cc(Cl)ccc3O[P@]2(=O)c2ccccc2)cc1. The van der Waals surface area contributed by atoms with Crippen LogP contribution in [0.3, 0.4) is 0 Å². The number of hydrogen-bond donors (Lipinski definition) is 0. The number of halogens is 1. The van der Waals surface area contributed by atoms with Gasteiger partial charge in [-0.1, -0.05) is 47.5 Å². The smallest absolute Gasteiger partial charge is 0.363 e. The summed E-state index contributed by atoms with van der Waals surface area (Å²) >= 11 is 6.13. The quantitative estimate of drug-likeness (QED) is 0.510. The lowest BCUT2D eigenvalue weighted by atomic mass is 10.1. The van der Waals surface area contributed by atoms with Gasteiger partial charge in [0.2, 0.25) is 0 Å². The Morgan fingerprint density at radius 3 is 2.31 bits per heavy atom. The lowest BCUT2D eigenvalue weighted by Crippen LogP contribution is -2.39. The van der Waals surface area contributed by atoms with Crippen LogP contribution in [0.5, 0.6) is 5.75 Å². The molecule has 0 N–H and O–H groups in total. The van der Waals surface area contributed by atoms with Crippen molar-refractivity contribution in [1.29, 1.82) is 0 Å². The van der Waals surface area contributed by atoms with E-state index in [0.29, 0.717) is 21.6 Å². The van der Waals surface area contributed by atoms with E-state index >= 15 is 0 Å². The van der Waals surface area contributed by atoms with Crippen molar-refractivity contribution in [3.8, 4) is 5.75 Å². The Labute approximate surface area is 175 Å². The van der Waals surface area contributed by atoms with Gasteiger partial charge in [0, 0.05) is 10.6 Å². The van der Waals surface area contributed by atoms with Crippen molar-refractivity contribution in [2.45, 2.75) is 24.8 Å². The normalized spacial score (nSPS) is 22.0. The number of fused-ring (bicyclic) bond motifs is 1. The molecule has 3 aromatic carbocycles. The van der Waals surface area contributed by atoms with E-state index < -0.39 is 23.6 Å². The van der Waals surface area contributed by atoms with Gasteiger partial charge >= 0.3 is 7.52 Å². The maximum absolute atomic E-state index is 14.2. The first-order valence-corrected chi connectivity index (χ1v) is 12.4. The fourth-order valence-electron chi connectivity index (χ4n) is 3.40. The summed E-state index contributed by atoms with van der Waals surface area (Å²) in [5, 5.41) is 0.756. The number of sulfonamides is 1. The molecule has 0 radical (unpaired) electrons. The molecule has 29 heavy (non-hydrogen) atoms. The highest BCUT2D eigenvalue weighted by Crippen LogP contribution is 2.61. The first-order valence-electron chi connectivity index (χ1n) is 9.00. The van der Waals surface area contributed by atoms with Gasteiger partial charge in [-0.25, -0.2) is 8.42 Å². The zero-order chi connectivity index (χ0) is 20.8. The van der Waals surface area contributed by atoms with E-state index in [1.54, 1.807) is 67.6 Å². The summed E-state index contributed by atoms with van der Waals surface area (Å²) < 4.78 is 48.4. The van der Waals surface area contributed by atoms with Gasteiger partial charge < -0.3 is 4.52 Å². The maximum Gasteiger partial charge on any atom is 0.363 e. The molecule has 0 bridgehead atoms. The topological polar surface area (TPSA) is 63.7 Å². The second-order valence-electron chi connectivity index (χ2n) is 6.90. The highest BCUT2D eigenvalue weighted by Gasteiger charge is 2.51. The van der Waals surface area contributed by atoms with Crippen LogP contribution in [0.1, 0.15) is 24.1 Å². The summed E-state index contributed by atoms with van der Waals surface area (Å²) in [5.74, 6) is 0.365. The lowest BCUT2D eigenvalue weighted by Gasteiger charge is -2.39. The molecular formula is C21H19ClNO4PS. The van der Waals surface area contributed by atoms with Crippen molar-refractivity contribution in [1.82, 2.24) is 4.08 Å². The number of benzene rings is 3. The molecule has 0 saturated heterocycles. The van der Waals surface area contributed by atoms with Crippen LogP contribution in [0, 0.1) is 6.92 Å². The molecule has 1 aliphatic rings. The Morgan fingerprint density at radius 1 is 1.00 bits per heavy atom. The van der Waals surface area contributed by atoms with Gasteiger partial charge in [-0.2, -0.15) is 0 Å². The minimum atomic E-state index is -4.14. The van der Waals surface area contributed by atoms with Crippen LogP contribution >= 0.6 is 19.1 Å². The predicted octanol–water partition coefficient (Wildman–Crippen LogP) is 5.31. The van der Waals surface area contributed by atoms with E-state index in [0.717, 1.165) is 9.64 Å². The van der Waals surface area contributed by atoms with Crippen molar-refractivity contribution in [2.75, 3.05) is 0 Å². The summed E-state index contributed by atoms with van der Waals surface area (Å²) in [7, 11) is -8.11. The van der Waals surface area contributed by atoms with Crippen LogP contribution in [0.4, 0.5) is 0 Å². The molecule has 0 spiro atoms. The maximum atomic E-state index is 14.2. The molecule has 1 aliphatic heterocycles. The van der Waals surface area contributed by atoms with Crippen molar-refractivity contribution < 1.29 is 17.5 Å². The molecule has 0 saturated carbocycles. The highest BCUT2D eigenvalue weighted by atomic mass is 35.5. The summed E-state index contributed by atoms with van der Waals surface area (Å²) in [4.78, 5) is 0.0557. The average molecular weight is 448 g/mol. The van der Waals surface area contributed by atoms with E-state index in [2.05, 4.69) is 0 Å². The van der Waals surface area contributed by atoms with Gasteiger partial charge in [0.25, 0.3) is 10.0 Å². The zero-order valence-electron chi connectivity index (χ0n) is 15.8. The van der Waals surface area contributed by atoms with Crippen molar-refractivity contribution in [3.05, 3.63) is 88.9 Å². The first kappa shape index (κ1) is 20.2. The van der Waals surface area contributed by atoms with Crippen LogP contribution in [0.2, 0.25) is 5.02 Å². The van der Waals surface area contributed by atoms with E-state index in [1.807, 2.05) is 6.92 Å². The van der Waals surface area contributed by atoms with Gasteiger partial charge in [-0.3, -0.25) is 4.57 Å². The van der Waals surface area contributed by atoms with Crippen molar-refractivity contribution in [3.63, 3.8) is 0 Å². The summed E-state index contributed by atoms with van der Waals surface area (Å²) in [6, 6.07) is 19.0. The Kier molecular flexibility index (Phi) is 5.07. The molecule has 150 valence electrons. The summed E-state index contributed by atoms with van der Waals surface area (Å²) in [6.07, 6.45) is 0. The minimum absolute atomic E-state index is 0.0557. The molecule has 0 aromatic heterocycles. The molecule has 0 amide bonds. The zero-order valence-corrected chi connectivity index (χ0v) is 18.3. The Morgan fingerprint density at radius 2 is 1.66 bits per heavy atom. The van der Waals surface area contributed by atoms with E-state index in [-0.39, 0.29) is 4.90 Å². The molecule has 4 rings (SSSR count). The Balaban J connectivity index is 1.97. The summed E-state index contributed by atoms with van der Waals surface area (Å²) in [6.45, 7) is 3.56. The Bertz CT molecular complexity index is 1210. The lowest BCUT2D eigenvalue weighted by molar-refractivity contribution is 0.365. The second kappa shape index (κ2) is 7.29. The fraction of sp³-hybridized carbons (Fsp3) is 0.143. The molecule has 0 fully saturated rings. The van der Waals surface area contributed by atoms with Gasteiger partial charge in [0.05, 0.1) is 16.2 Å². The third-order valence-electron chi connectivity index (χ3n) is 4.88. The molecule has 8 heteroatoms. The van der Waals surface area contributed by atoms with Crippen LogP contribution < -0.4 is 9.83 Å². The van der Waals surface area contributed by atoms with Gasteiger partial charge in [0.1, 0.15) is 5.75 Å². The van der Waals surface area contributed by atoms with E-state index in [9.17, 15) is 13.0 Å². The van der Waals surface area contributed by atoms with Crippen LogP contribution in [0.25, 0.3) is 0 Å². The largest absolute Gasteiger partial charge is 0.429 e. The van der Waals surface area contributed by atoms with Crippen molar-refractivity contribution in [2.24, 2.45) is 0 Å². The standard InChI is InChI=1S/C21H19ClNO4PS/c1-15-8-11-19(12-9-15)29(25,26)23-16(2)20-14-17(22)10-13-21(20)27-28(23,24)18-6-4-3-5-7-18/h3-14,16H,1-2H3/t16-,28-/m1/s1. The summed E-state index contributed by atoms with van der Waals surface area (Å²) in [5.41, 5.74) is 1.49. The third kappa shape index (κ3) is 3.40. The van der Waals surface area contributed by atoms with Crippen LogP contribution in [-0.2, 0) is 14.6 Å². The molecule has 0 unspecified atom stereocenters. The molecule has 0 aliphatic carbocycles. The van der Waals surface area contributed by atoms with Crippen molar-refractivity contribution >= 4 is 34.4 Å². The highest BCUT2D eigenvalue weighted by molar-refractivity contribution is 7.96. The van der Waals surface area contributed by atoms with E-state index in [1.165, 1.54) is 12.1 Å². The van der Waals surface area contributed by atoms with E-state index in [4.69, 9.17) is 16.1 Å². The number of nitrogens with zero attached hydrogens (tertiary/aromatic N) is 1. The van der Waals surface area contributed by atoms with Gasteiger partial charge in [0.15, 0.2) is 0 Å². The molecule has 5 nitrogen and oxygen atoms in total. The average Bonchev–Trinajstić information content (AvgIpc) is 2.69. The molecule has 1 heterocycles. The van der Waals surface area contributed by atoms with Gasteiger partial charge in [-0.05, 0) is 56.3 Å². The number of aryl methyl sites for hydroxylation is 1. The van der Waals surface area contributed by atoms with Crippen LogP contribution in [0.15, 0.2) is 77.7 Å². The number of hydrogen-bond acceptors (Lipinski definition) is 4. The third-order valence-corrected chi connectivity index (χ3v) is 10.3. The second-order valence-corrected chi connectivity index (χ2v) is 11.6. The molecular weight excluding hydrogens is 429 g/mol. The van der Waals surface area contributed by atoms with Crippen LogP contribution in [-0.4, -0.2) is 12.5 Å². The van der Waals surface area contributed by atoms with Gasteiger partial charge in [-0.15, -0.1) is 4.08 Å². The monoisotopic (exact) mass is 447 g/mol. The number of rotatable bonds is 3. The minimum Gasteiger partial charge on any atom is -0.429 e. The predicted molar refractivity (Wildman–Crippen MR) is 114 cm³/mol. The molecule has 2 atom stereocenters.